The van der Waals surface area contributed by atoms with Gasteiger partial charge in [0.05, 0.1) is 23.1 Å². The molecule has 0 atom stereocenters. The molecule has 0 saturated heterocycles. The van der Waals surface area contributed by atoms with Crippen molar-refractivity contribution in [2.75, 3.05) is 7.11 Å². The number of benzene rings is 1. The number of methoxy groups -OCH3 is 1. The lowest BCUT2D eigenvalue weighted by Crippen LogP contribution is -2.10. The van der Waals surface area contributed by atoms with Crippen LogP contribution in [0.5, 0.6) is 11.8 Å². The van der Waals surface area contributed by atoms with Gasteiger partial charge in [0.1, 0.15) is 5.00 Å². The molecule has 0 radical (unpaired) electrons. The second-order valence-electron chi connectivity index (χ2n) is 6.81. The Balaban J connectivity index is 1.82. The number of rotatable bonds is 5. The van der Waals surface area contributed by atoms with Gasteiger partial charge in [0.15, 0.2) is 5.88 Å². The summed E-state index contributed by atoms with van der Waals surface area (Å²) in [4.78, 5) is 25.8. The van der Waals surface area contributed by atoms with Crippen LogP contribution >= 0.6 is 23.1 Å². The lowest BCUT2D eigenvalue weighted by atomic mass is 9.95. The van der Waals surface area contributed by atoms with Gasteiger partial charge in [-0.25, -0.2) is 14.2 Å². The van der Waals surface area contributed by atoms with Crippen LogP contribution in [0.15, 0.2) is 40.1 Å². The number of aryl methyl sites for hydroxylation is 1. The molecular weight excluding hydrogens is 426 g/mol. The average molecular weight is 446 g/mol. The maximum Gasteiger partial charge on any atom is 0.341 e. The molecule has 3 aromatic rings. The van der Waals surface area contributed by atoms with E-state index in [-0.39, 0.29) is 22.2 Å². The summed E-state index contributed by atoms with van der Waals surface area (Å²) in [6, 6.07) is 7.78. The Morgan fingerprint density at radius 1 is 1.13 bits per heavy atom. The summed E-state index contributed by atoms with van der Waals surface area (Å²) in [7, 11) is 1.30. The van der Waals surface area contributed by atoms with Gasteiger partial charge in [0, 0.05) is 15.8 Å². The monoisotopic (exact) mass is 445 g/mol. The van der Waals surface area contributed by atoms with Gasteiger partial charge >= 0.3 is 11.9 Å². The van der Waals surface area contributed by atoms with Crippen LogP contribution in [0.25, 0.3) is 5.00 Å². The van der Waals surface area contributed by atoms with E-state index in [9.17, 15) is 24.9 Å². The number of carboxylic acids is 1. The molecule has 4 rings (SSSR count). The summed E-state index contributed by atoms with van der Waals surface area (Å²) in [6.45, 7) is 0. The van der Waals surface area contributed by atoms with Crippen molar-refractivity contribution in [1.82, 2.24) is 4.57 Å². The number of carboxylic acid groups (broad SMARTS) is 1. The Labute approximate surface area is 180 Å². The van der Waals surface area contributed by atoms with Crippen LogP contribution in [0, 0.1) is 0 Å². The molecule has 0 saturated carbocycles. The molecule has 0 amide bonds. The van der Waals surface area contributed by atoms with Crippen LogP contribution < -0.4 is 0 Å². The van der Waals surface area contributed by atoms with E-state index in [1.54, 1.807) is 18.2 Å². The second kappa shape index (κ2) is 8.08. The summed E-state index contributed by atoms with van der Waals surface area (Å²) < 4.78 is 6.19. The quantitative estimate of drug-likeness (QED) is 0.497. The summed E-state index contributed by atoms with van der Waals surface area (Å²) in [5.74, 6) is -2.10. The molecule has 9 heteroatoms. The Bertz CT molecular complexity index is 1150. The average Bonchev–Trinajstić information content (AvgIpc) is 3.24. The highest BCUT2D eigenvalue weighted by Crippen LogP contribution is 2.46. The molecule has 0 fully saturated rings. The third-order valence-electron chi connectivity index (χ3n) is 5.00. The van der Waals surface area contributed by atoms with E-state index >= 15 is 0 Å². The van der Waals surface area contributed by atoms with Crippen molar-refractivity contribution in [3.63, 3.8) is 0 Å². The SMILES string of the molecule is COC(=O)c1c(-n2c(O)cc(Sc3ccccc3C(=O)O)c2O)sc2c1CCCC2. The van der Waals surface area contributed by atoms with Gasteiger partial charge in [-0.15, -0.1) is 11.3 Å². The van der Waals surface area contributed by atoms with Crippen LogP contribution in [0.2, 0.25) is 0 Å². The highest BCUT2D eigenvalue weighted by molar-refractivity contribution is 7.99. The first kappa shape index (κ1) is 20.4. The number of thiophene rings is 1. The standard InChI is InChI=1S/C21H19NO6S2/c1-28-21(27)17-11-6-2-4-8-13(11)30-19(17)22-16(23)10-15(18(22)24)29-14-9-5-3-7-12(14)20(25)26/h3,5,7,9-10,23-24H,2,4,6,8H2,1H3,(H,25,26). The zero-order valence-corrected chi connectivity index (χ0v) is 17.7. The number of hydrogen-bond acceptors (Lipinski definition) is 7. The topological polar surface area (TPSA) is 109 Å². The minimum Gasteiger partial charge on any atom is -0.494 e. The Morgan fingerprint density at radius 2 is 1.87 bits per heavy atom. The lowest BCUT2D eigenvalue weighted by Gasteiger charge is -2.12. The number of carbonyl (C=O) groups excluding carboxylic acids is 1. The van der Waals surface area contributed by atoms with Crippen molar-refractivity contribution in [3.8, 4) is 16.8 Å². The van der Waals surface area contributed by atoms with Gasteiger partial charge in [-0.05, 0) is 43.4 Å². The number of fused-ring (bicyclic) bond motifs is 1. The third-order valence-corrected chi connectivity index (χ3v) is 7.38. The molecule has 1 aliphatic carbocycles. The van der Waals surface area contributed by atoms with Crippen LogP contribution in [0.1, 0.15) is 44.0 Å². The molecule has 30 heavy (non-hydrogen) atoms. The Morgan fingerprint density at radius 3 is 2.60 bits per heavy atom. The molecule has 0 unspecified atom stereocenters. The molecule has 2 aromatic heterocycles. The molecular formula is C21H19NO6S2. The summed E-state index contributed by atoms with van der Waals surface area (Å²) in [5, 5.41) is 31.3. The highest BCUT2D eigenvalue weighted by Gasteiger charge is 2.30. The molecule has 7 nitrogen and oxygen atoms in total. The van der Waals surface area contributed by atoms with E-state index in [0.717, 1.165) is 47.9 Å². The minimum atomic E-state index is -1.08. The predicted octanol–water partition coefficient (Wildman–Crippen LogP) is 4.46. The van der Waals surface area contributed by atoms with Crippen molar-refractivity contribution in [3.05, 3.63) is 51.9 Å². The maximum absolute atomic E-state index is 12.5. The van der Waals surface area contributed by atoms with Crippen LogP contribution in [0.3, 0.4) is 0 Å². The molecule has 0 spiro atoms. The third kappa shape index (κ3) is 3.44. The zero-order chi connectivity index (χ0) is 21.4. The number of aromatic carboxylic acids is 1. The summed E-state index contributed by atoms with van der Waals surface area (Å²) >= 11 is 2.38. The van der Waals surface area contributed by atoms with E-state index in [1.807, 2.05) is 0 Å². The fourth-order valence-electron chi connectivity index (χ4n) is 3.61. The first-order chi connectivity index (χ1) is 14.4. The minimum absolute atomic E-state index is 0.0935. The smallest absolute Gasteiger partial charge is 0.341 e. The van der Waals surface area contributed by atoms with Crippen molar-refractivity contribution in [1.29, 1.82) is 0 Å². The van der Waals surface area contributed by atoms with Crippen LogP contribution in [-0.2, 0) is 17.6 Å². The van der Waals surface area contributed by atoms with E-state index in [1.165, 1.54) is 35.1 Å². The number of esters is 1. The van der Waals surface area contributed by atoms with Crippen LogP contribution in [0.4, 0.5) is 0 Å². The number of hydrogen-bond donors (Lipinski definition) is 3. The normalized spacial score (nSPS) is 13.1. The molecule has 1 aliphatic rings. The molecule has 3 N–H and O–H groups in total. The molecule has 0 bridgehead atoms. The number of ether oxygens (including phenoxy) is 1. The summed E-state index contributed by atoms with van der Waals surface area (Å²) in [6.07, 6.45) is 3.56. The predicted molar refractivity (Wildman–Crippen MR) is 112 cm³/mol. The number of nitrogens with zero attached hydrogens (tertiary/aromatic N) is 1. The fourth-order valence-corrected chi connectivity index (χ4v) is 6.00. The van der Waals surface area contributed by atoms with Crippen molar-refractivity contribution >= 4 is 35.0 Å². The van der Waals surface area contributed by atoms with Crippen LogP contribution in [-0.4, -0.2) is 38.9 Å². The largest absolute Gasteiger partial charge is 0.494 e. The van der Waals surface area contributed by atoms with E-state index in [0.29, 0.717) is 15.5 Å². The lowest BCUT2D eigenvalue weighted by molar-refractivity contribution is 0.0599. The zero-order valence-electron chi connectivity index (χ0n) is 16.0. The Kier molecular flexibility index (Phi) is 5.48. The maximum atomic E-state index is 12.5. The first-order valence-corrected chi connectivity index (χ1v) is 10.9. The Hall–Kier alpha value is -2.91. The molecule has 1 aromatic carbocycles. The van der Waals surface area contributed by atoms with Gasteiger partial charge in [0.2, 0.25) is 5.88 Å². The number of aromatic nitrogens is 1. The van der Waals surface area contributed by atoms with Gasteiger partial charge in [-0.3, -0.25) is 0 Å². The molecule has 2 heterocycles. The van der Waals surface area contributed by atoms with E-state index in [4.69, 9.17) is 4.74 Å². The van der Waals surface area contributed by atoms with E-state index in [2.05, 4.69) is 0 Å². The van der Waals surface area contributed by atoms with Gasteiger partial charge in [-0.1, -0.05) is 23.9 Å². The van der Waals surface area contributed by atoms with Crippen molar-refractivity contribution in [2.24, 2.45) is 0 Å². The van der Waals surface area contributed by atoms with Gasteiger partial charge in [-0.2, -0.15) is 0 Å². The van der Waals surface area contributed by atoms with Crippen molar-refractivity contribution < 1.29 is 29.6 Å². The number of carbonyl (C=O) groups is 2. The fraction of sp³-hybridized carbons (Fsp3) is 0.238. The van der Waals surface area contributed by atoms with Gasteiger partial charge in [0.25, 0.3) is 0 Å². The molecule has 0 aliphatic heterocycles. The molecule has 156 valence electrons. The number of aromatic hydroxyl groups is 2. The first-order valence-electron chi connectivity index (χ1n) is 9.29. The highest BCUT2D eigenvalue weighted by atomic mass is 32.2. The summed E-state index contributed by atoms with van der Waals surface area (Å²) in [5.41, 5.74) is 1.36. The van der Waals surface area contributed by atoms with Crippen molar-refractivity contribution in [2.45, 2.75) is 35.5 Å². The van der Waals surface area contributed by atoms with E-state index < -0.39 is 11.9 Å². The second-order valence-corrected chi connectivity index (χ2v) is 8.98. The van der Waals surface area contributed by atoms with Gasteiger partial charge < -0.3 is 20.1 Å².